The van der Waals surface area contributed by atoms with Gasteiger partial charge in [0.05, 0.1) is 17.7 Å². The smallest absolute Gasteiger partial charge is 0.270 e. The average Bonchev–Trinajstić information content (AvgIpc) is 2.60. The van der Waals surface area contributed by atoms with Crippen LogP contribution in [0.25, 0.3) is 11.0 Å². The zero-order chi connectivity index (χ0) is 18.0. The molecule has 2 N–H and O–H groups in total. The van der Waals surface area contributed by atoms with Crippen molar-refractivity contribution in [3.63, 3.8) is 0 Å². The topological polar surface area (TPSA) is 121 Å². The van der Waals surface area contributed by atoms with Gasteiger partial charge in [-0.2, -0.15) is 0 Å². The fourth-order valence-electron chi connectivity index (χ4n) is 2.29. The van der Waals surface area contributed by atoms with Gasteiger partial charge in [-0.05, 0) is 24.3 Å². The van der Waals surface area contributed by atoms with E-state index in [2.05, 4.69) is 4.99 Å². The van der Waals surface area contributed by atoms with Crippen molar-refractivity contribution < 1.29 is 18.9 Å². The van der Waals surface area contributed by atoms with Gasteiger partial charge in [0.2, 0.25) is 5.55 Å². The monoisotopic (exact) mass is 339 g/mol. The van der Waals surface area contributed by atoms with Crippen LogP contribution in [0, 0.1) is 10.1 Å². The minimum absolute atomic E-state index is 0.0158. The van der Waals surface area contributed by atoms with E-state index >= 15 is 0 Å². The Bertz CT molecular complexity index is 1060. The molecule has 0 spiro atoms. The van der Waals surface area contributed by atoms with Gasteiger partial charge in [-0.15, -0.1) is 0 Å². The van der Waals surface area contributed by atoms with Crippen LogP contribution >= 0.6 is 0 Å². The Balaban J connectivity index is 2.24. The highest BCUT2D eigenvalue weighted by Crippen LogP contribution is 2.22. The lowest BCUT2D eigenvalue weighted by molar-refractivity contribution is -0.384. The summed E-state index contributed by atoms with van der Waals surface area (Å²) in [4.78, 5) is 26.4. The SMILES string of the molecule is COc1cccc(N=c2oc3ccc([N+](=O)[O-])cc3cc2C(N)=O)c1. The van der Waals surface area contributed by atoms with Gasteiger partial charge in [-0.25, -0.2) is 4.99 Å². The summed E-state index contributed by atoms with van der Waals surface area (Å²) < 4.78 is 10.8. The summed E-state index contributed by atoms with van der Waals surface area (Å²) in [5.41, 5.74) is 6.17. The summed E-state index contributed by atoms with van der Waals surface area (Å²) in [5.74, 6) is -0.155. The van der Waals surface area contributed by atoms with Gasteiger partial charge in [-0.1, -0.05) is 6.07 Å². The minimum atomic E-state index is -0.751. The Morgan fingerprint density at radius 3 is 2.72 bits per heavy atom. The molecule has 0 saturated carbocycles. The molecule has 0 atom stereocenters. The van der Waals surface area contributed by atoms with E-state index in [0.29, 0.717) is 22.4 Å². The molecule has 0 aliphatic heterocycles. The van der Waals surface area contributed by atoms with E-state index in [1.165, 1.54) is 31.4 Å². The molecule has 0 fully saturated rings. The minimum Gasteiger partial charge on any atom is -0.497 e. The van der Waals surface area contributed by atoms with Crippen molar-refractivity contribution >= 4 is 28.3 Å². The second-order valence-electron chi connectivity index (χ2n) is 5.12. The van der Waals surface area contributed by atoms with E-state index in [9.17, 15) is 14.9 Å². The fourth-order valence-corrected chi connectivity index (χ4v) is 2.29. The number of carbonyl (C=O) groups is 1. The van der Waals surface area contributed by atoms with Crippen LogP contribution in [-0.4, -0.2) is 17.9 Å². The maximum atomic E-state index is 11.7. The number of carbonyl (C=O) groups excluding carboxylic acids is 1. The van der Waals surface area contributed by atoms with Crippen LogP contribution in [0.2, 0.25) is 0 Å². The lowest BCUT2D eigenvalue weighted by Crippen LogP contribution is -2.21. The number of benzene rings is 2. The molecular weight excluding hydrogens is 326 g/mol. The molecule has 25 heavy (non-hydrogen) atoms. The molecule has 2 aromatic carbocycles. The molecule has 0 radical (unpaired) electrons. The number of rotatable bonds is 4. The zero-order valence-corrected chi connectivity index (χ0v) is 13.1. The molecule has 3 aromatic rings. The maximum Gasteiger partial charge on any atom is 0.270 e. The summed E-state index contributed by atoms with van der Waals surface area (Å²) in [6.07, 6.45) is 0. The molecule has 8 nitrogen and oxygen atoms in total. The molecule has 1 amide bonds. The third-order valence-electron chi connectivity index (χ3n) is 3.49. The Morgan fingerprint density at radius 2 is 2.04 bits per heavy atom. The van der Waals surface area contributed by atoms with Crippen molar-refractivity contribution in [1.29, 1.82) is 0 Å². The van der Waals surface area contributed by atoms with Crippen molar-refractivity contribution in [2.75, 3.05) is 7.11 Å². The van der Waals surface area contributed by atoms with Crippen LogP contribution < -0.4 is 16.0 Å². The van der Waals surface area contributed by atoms with Gasteiger partial charge < -0.3 is 14.9 Å². The Morgan fingerprint density at radius 1 is 1.24 bits per heavy atom. The van der Waals surface area contributed by atoms with Gasteiger partial charge in [-0.3, -0.25) is 14.9 Å². The van der Waals surface area contributed by atoms with Crippen LogP contribution in [0.3, 0.4) is 0 Å². The molecule has 0 aliphatic rings. The first kappa shape index (κ1) is 16.2. The van der Waals surface area contributed by atoms with Crippen molar-refractivity contribution in [1.82, 2.24) is 0 Å². The molecule has 0 unspecified atom stereocenters. The summed E-state index contributed by atoms with van der Waals surface area (Å²) in [6.45, 7) is 0. The Labute approximate surface area is 141 Å². The maximum absolute atomic E-state index is 11.7. The van der Waals surface area contributed by atoms with Gasteiger partial charge in [0.25, 0.3) is 11.6 Å². The van der Waals surface area contributed by atoms with E-state index in [1.807, 2.05) is 0 Å². The number of amides is 1. The standard InChI is InChI=1S/C17H13N3O5/c1-24-13-4-2-3-11(9-13)19-17-14(16(18)21)8-10-7-12(20(22)23)5-6-15(10)25-17/h2-9H,1H3,(H2,18,21). The van der Waals surface area contributed by atoms with Gasteiger partial charge in [0.15, 0.2) is 0 Å². The van der Waals surface area contributed by atoms with E-state index < -0.39 is 10.8 Å². The predicted octanol–water partition coefficient (Wildman–Crippen LogP) is 2.68. The molecule has 3 rings (SSSR count). The van der Waals surface area contributed by atoms with Crippen molar-refractivity contribution in [3.05, 3.63) is 69.8 Å². The zero-order valence-electron chi connectivity index (χ0n) is 13.1. The number of hydrogen-bond donors (Lipinski definition) is 1. The average molecular weight is 339 g/mol. The molecular formula is C17H13N3O5. The number of nitro groups is 1. The largest absolute Gasteiger partial charge is 0.497 e. The first-order valence-corrected chi connectivity index (χ1v) is 7.19. The predicted molar refractivity (Wildman–Crippen MR) is 89.6 cm³/mol. The number of primary amides is 1. The summed E-state index contributed by atoms with van der Waals surface area (Å²) in [6, 6.07) is 12.4. The van der Waals surface area contributed by atoms with Crippen molar-refractivity contribution in [3.8, 4) is 5.75 Å². The highest BCUT2D eigenvalue weighted by molar-refractivity contribution is 5.95. The van der Waals surface area contributed by atoms with Crippen LogP contribution in [0.4, 0.5) is 11.4 Å². The van der Waals surface area contributed by atoms with E-state index in [4.69, 9.17) is 14.9 Å². The number of methoxy groups -OCH3 is 1. The fraction of sp³-hybridized carbons (Fsp3) is 0.0588. The number of hydrogen-bond acceptors (Lipinski definition) is 6. The number of nitrogens with zero attached hydrogens (tertiary/aromatic N) is 2. The number of nitrogens with two attached hydrogens (primary N) is 1. The normalized spacial score (nSPS) is 11.5. The van der Waals surface area contributed by atoms with Crippen molar-refractivity contribution in [2.45, 2.75) is 0 Å². The van der Waals surface area contributed by atoms with Gasteiger partial charge in [0.1, 0.15) is 16.9 Å². The summed E-state index contributed by atoms with van der Waals surface area (Å²) >= 11 is 0. The molecule has 1 heterocycles. The van der Waals surface area contributed by atoms with Crippen LogP contribution in [0.1, 0.15) is 10.4 Å². The quantitative estimate of drug-likeness (QED) is 0.578. The van der Waals surface area contributed by atoms with Crippen LogP contribution in [0.15, 0.2) is 57.9 Å². The van der Waals surface area contributed by atoms with E-state index in [0.717, 1.165) is 0 Å². The Kier molecular flexibility index (Phi) is 4.17. The highest BCUT2D eigenvalue weighted by atomic mass is 16.6. The lowest BCUT2D eigenvalue weighted by Gasteiger charge is -2.03. The second-order valence-corrected chi connectivity index (χ2v) is 5.12. The third-order valence-corrected chi connectivity index (χ3v) is 3.49. The summed E-state index contributed by atoms with van der Waals surface area (Å²) in [7, 11) is 1.53. The van der Waals surface area contributed by atoms with Crippen molar-refractivity contribution in [2.24, 2.45) is 10.7 Å². The Hall–Kier alpha value is -3.68. The molecule has 126 valence electrons. The third kappa shape index (κ3) is 3.32. The molecule has 8 heteroatoms. The first-order valence-electron chi connectivity index (χ1n) is 7.19. The molecule has 0 bridgehead atoms. The first-order chi connectivity index (χ1) is 12.0. The molecule has 0 saturated heterocycles. The van der Waals surface area contributed by atoms with E-state index in [-0.39, 0.29) is 16.8 Å². The number of fused-ring (bicyclic) bond motifs is 1. The van der Waals surface area contributed by atoms with Crippen LogP contribution in [-0.2, 0) is 0 Å². The van der Waals surface area contributed by atoms with Gasteiger partial charge >= 0.3 is 0 Å². The number of ether oxygens (including phenoxy) is 1. The van der Waals surface area contributed by atoms with Crippen LogP contribution in [0.5, 0.6) is 5.75 Å². The highest BCUT2D eigenvalue weighted by Gasteiger charge is 2.13. The molecule has 0 aliphatic carbocycles. The van der Waals surface area contributed by atoms with Gasteiger partial charge in [0, 0.05) is 23.6 Å². The molecule has 1 aromatic heterocycles. The number of nitro benzene ring substituents is 1. The van der Waals surface area contributed by atoms with E-state index in [1.54, 1.807) is 24.3 Å². The lowest BCUT2D eigenvalue weighted by atomic mass is 10.1. The number of non-ortho nitro benzene ring substituents is 1. The summed E-state index contributed by atoms with van der Waals surface area (Å²) in [5, 5.41) is 11.3. The second kappa shape index (κ2) is 6.44.